The van der Waals surface area contributed by atoms with Crippen LogP contribution >= 0.6 is 11.8 Å². The van der Waals surface area contributed by atoms with Gasteiger partial charge in [0, 0.05) is 22.9 Å². The Balaban J connectivity index is 2.03. The first kappa shape index (κ1) is 12.6. The number of rotatable bonds is 4. The van der Waals surface area contributed by atoms with Crippen molar-refractivity contribution in [2.45, 2.75) is 24.6 Å². The van der Waals surface area contributed by atoms with Gasteiger partial charge >= 0.3 is 0 Å². The number of fused-ring (bicyclic) bond motifs is 1. The first-order valence-corrected chi connectivity index (χ1v) is 6.98. The van der Waals surface area contributed by atoms with Gasteiger partial charge in [-0.3, -0.25) is 0 Å². The summed E-state index contributed by atoms with van der Waals surface area (Å²) in [4.78, 5) is 0. The minimum atomic E-state index is 0.222. The SMILES string of the molecule is CSC(C)(C)CNC1COc2cc(O)ccc21. The van der Waals surface area contributed by atoms with Gasteiger partial charge in [-0.15, -0.1) is 0 Å². The predicted molar refractivity (Wildman–Crippen MR) is 71.9 cm³/mol. The van der Waals surface area contributed by atoms with Crippen molar-refractivity contribution < 1.29 is 9.84 Å². The van der Waals surface area contributed by atoms with Gasteiger partial charge in [0.2, 0.25) is 0 Å². The van der Waals surface area contributed by atoms with Crippen molar-refractivity contribution in [1.82, 2.24) is 5.32 Å². The van der Waals surface area contributed by atoms with Crippen molar-refractivity contribution in [2.24, 2.45) is 0 Å². The van der Waals surface area contributed by atoms with E-state index in [-0.39, 0.29) is 16.5 Å². The summed E-state index contributed by atoms with van der Waals surface area (Å²) in [6.45, 7) is 6.02. The minimum Gasteiger partial charge on any atom is -0.508 e. The van der Waals surface area contributed by atoms with Gasteiger partial charge in [-0.05, 0) is 32.2 Å². The molecule has 0 spiro atoms. The number of benzene rings is 1. The molecule has 1 aliphatic rings. The van der Waals surface area contributed by atoms with Gasteiger partial charge in [-0.1, -0.05) is 0 Å². The molecule has 3 nitrogen and oxygen atoms in total. The first-order chi connectivity index (χ1) is 8.02. The van der Waals surface area contributed by atoms with Gasteiger partial charge in [0.05, 0.1) is 6.04 Å². The van der Waals surface area contributed by atoms with E-state index in [1.807, 2.05) is 17.8 Å². The molecule has 2 N–H and O–H groups in total. The van der Waals surface area contributed by atoms with E-state index in [1.165, 1.54) is 0 Å². The third-order valence-corrected chi connectivity index (χ3v) is 4.35. The number of hydrogen-bond acceptors (Lipinski definition) is 4. The van der Waals surface area contributed by atoms with Gasteiger partial charge in [0.1, 0.15) is 18.1 Å². The molecular formula is C13H19NO2S. The third-order valence-electron chi connectivity index (χ3n) is 3.10. The number of aromatic hydroxyl groups is 1. The largest absolute Gasteiger partial charge is 0.508 e. The lowest BCUT2D eigenvalue weighted by atomic mass is 10.1. The smallest absolute Gasteiger partial charge is 0.127 e. The predicted octanol–water partition coefficient (Wildman–Crippen LogP) is 2.56. The summed E-state index contributed by atoms with van der Waals surface area (Å²) < 4.78 is 5.78. The Kier molecular flexibility index (Phi) is 3.54. The fourth-order valence-electron chi connectivity index (χ4n) is 1.81. The maximum Gasteiger partial charge on any atom is 0.127 e. The zero-order valence-corrected chi connectivity index (χ0v) is 11.3. The molecule has 4 heteroatoms. The number of hydrogen-bond donors (Lipinski definition) is 2. The molecule has 0 aliphatic carbocycles. The maximum atomic E-state index is 9.38. The van der Waals surface area contributed by atoms with Gasteiger partial charge < -0.3 is 15.2 Å². The van der Waals surface area contributed by atoms with E-state index in [0.717, 1.165) is 17.9 Å². The molecule has 17 heavy (non-hydrogen) atoms. The molecule has 0 saturated carbocycles. The zero-order chi connectivity index (χ0) is 12.5. The summed E-state index contributed by atoms with van der Waals surface area (Å²) in [6.07, 6.45) is 2.12. The average molecular weight is 253 g/mol. The number of phenols is 1. The second-order valence-corrected chi connectivity index (χ2v) is 6.44. The highest BCUT2D eigenvalue weighted by molar-refractivity contribution is 7.99. The van der Waals surface area contributed by atoms with E-state index >= 15 is 0 Å². The van der Waals surface area contributed by atoms with Crippen LogP contribution in [-0.2, 0) is 0 Å². The lowest BCUT2D eigenvalue weighted by molar-refractivity contribution is 0.308. The fourth-order valence-corrected chi connectivity index (χ4v) is 2.04. The number of thioether (sulfide) groups is 1. The van der Waals surface area contributed by atoms with Crippen molar-refractivity contribution in [3.05, 3.63) is 23.8 Å². The van der Waals surface area contributed by atoms with Crippen molar-refractivity contribution in [2.75, 3.05) is 19.4 Å². The van der Waals surface area contributed by atoms with Crippen molar-refractivity contribution in [1.29, 1.82) is 0 Å². The zero-order valence-electron chi connectivity index (χ0n) is 10.5. The molecule has 1 aliphatic heterocycles. The monoisotopic (exact) mass is 253 g/mol. The fraction of sp³-hybridized carbons (Fsp3) is 0.538. The third kappa shape index (κ3) is 2.87. The molecule has 2 rings (SSSR count). The minimum absolute atomic E-state index is 0.222. The molecule has 1 aromatic rings. The Hall–Kier alpha value is -0.870. The van der Waals surface area contributed by atoms with Crippen LogP contribution in [0.1, 0.15) is 25.5 Å². The molecule has 1 atom stereocenters. The molecule has 0 fully saturated rings. The van der Waals surface area contributed by atoms with E-state index in [1.54, 1.807) is 12.1 Å². The van der Waals surface area contributed by atoms with Gasteiger partial charge in [-0.25, -0.2) is 0 Å². The Labute approximate surface area is 107 Å². The quantitative estimate of drug-likeness (QED) is 0.865. The van der Waals surface area contributed by atoms with Gasteiger partial charge in [0.25, 0.3) is 0 Å². The lowest BCUT2D eigenvalue weighted by Gasteiger charge is -2.24. The molecule has 94 valence electrons. The summed E-state index contributed by atoms with van der Waals surface area (Å²) in [7, 11) is 0. The highest BCUT2D eigenvalue weighted by atomic mass is 32.2. The van der Waals surface area contributed by atoms with Crippen LogP contribution < -0.4 is 10.1 Å². The van der Waals surface area contributed by atoms with Crippen molar-refractivity contribution in [3.8, 4) is 11.5 Å². The van der Waals surface area contributed by atoms with Crippen LogP contribution in [0, 0.1) is 0 Å². The molecule has 1 unspecified atom stereocenters. The molecule has 0 aromatic heterocycles. The maximum absolute atomic E-state index is 9.38. The summed E-state index contributed by atoms with van der Waals surface area (Å²) in [5, 5.41) is 12.9. The van der Waals surface area contributed by atoms with E-state index < -0.39 is 0 Å². The number of phenolic OH excluding ortho intramolecular Hbond substituents is 1. The molecule has 0 bridgehead atoms. The van der Waals surface area contributed by atoms with E-state index in [9.17, 15) is 5.11 Å². The summed E-state index contributed by atoms with van der Waals surface area (Å²) >= 11 is 1.85. The normalized spacial score (nSPS) is 18.9. The summed E-state index contributed by atoms with van der Waals surface area (Å²) in [5.74, 6) is 1.05. The van der Waals surface area contributed by atoms with Crippen LogP contribution in [0.5, 0.6) is 11.5 Å². The highest BCUT2D eigenvalue weighted by Gasteiger charge is 2.26. The van der Waals surface area contributed by atoms with Crippen LogP contribution in [0.2, 0.25) is 0 Å². The van der Waals surface area contributed by atoms with Crippen LogP contribution in [0.4, 0.5) is 0 Å². The lowest BCUT2D eigenvalue weighted by Crippen LogP contribution is -2.35. The molecular weight excluding hydrogens is 234 g/mol. The van der Waals surface area contributed by atoms with Crippen LogP contribution in [0.25, 0.3) is 0 Å². The van der Waals surface area contributed by atoms with E-state index in [4.69, 9.17) is 4.74 Å². The Morgan fingerprint density at radius 1 is 1.53 bits per heavy atom. The highest BCUT2D eigenvalue weighted by Crippen LogP contribution is 2.35. The van der Waals surface area contributed by atoms with Crippen LogP contribution in [0.3, 0.4) is 0 Å². The topological polar surface area (TPSA) is 41.5 Å². The molecule has 0 saturated heterocycles. The standard InChI is InChI=1S/C13H19NO2S/c1-13(2,17-3)8-14-11-7-16-12-6-9(15)4-5-10(11)12/h4-6,11,14-15H,7-8H2,1-3H3. The van der Waals surface area contributed by atoms with E-state index in [2.05, 4.69) is 25.4 Å². The molecule has 1 heterocycles. The Morgan fingerprint density at radius 3 is 3.00 bits per heavy atom. The Morgan fingerprint density at radius 2 is 2.29 bits per heavy atom. The van der Waals surface area contributed by atoms with Gasteiger partial charge in [-0.2, -0.15) is 11.8 Å². The molecule has 1 aromatic carbocycles. The summed E-state index contributed by atoms with van der Waals surface area (Å²) in [5.41, 5.74) is 1.14. The van der Waals surface area contributed by atoms with Crippen LogP contribution in [-0.4, -0.2) is 29.3 Å². The second kappa shape index (κ2) is 4.78. The van der Waals surface area contributed by atoms with Crippen molar-refractivity contribution >= 4 is 11.8 Å². The second-order valence-electron chi connectivity index (χ2n) is 4.93. The molecule has 0 radical (unpaired) electrons. The Bertz CT molecular complexity index is 406. The van der Waals surface area contributed by atoms with Crippen LogP contribution in [0.15, 0.2) is 18.2 Å². The van der Waals surface area contributed by atoms with Crippen molar-refractivity contribution in [3.63, 3.8) is 0 Å². The summed E-state index contributed by atoms with van der Waals surface area (Å²) in [6, 6.07) is 5.55. The number of ether oxygens (including phenoxy) is 1. The number of nitrogens with one attached hydrogen (secondary N) is 1. The van der Waals surface area contributed by atoms with Gasteiger partial charge in [0.15, 0.2) is 0 Å². The first-order valence-electron chi connectivity index (χ1n) is 5.76. The van der Waals surface area contributed by atoms with E-state index in [0.29, 0.717) is 6.61 Å². The average Bonchev–Trinajstić information content (AvgIpc) is 2.69. The molecule has 0 amide bonds.